The quantitative estimate of drug-likeness (QED) is 0.696. The van der Waals surface area contributed by atoms with Crippen molar-refractivity contribution in [1.29, 1.82) is 0 Å². The van der Waals surface area contributed by atoms with Gasteiger partial charge in [-0.2, -0.15) is 0 Å². The van der Waals surface area contributed by atoms with Crippen LogP contribution in [-0.2, 0) is 4.79 Å². The minimum atomic E-state index is -0.577. The van der Waals surface area contributed by atoms with E-state index in [-0.39, 0.29) is 5.91 Å². The first-order valence-corrected chi connectivity index (χ1v) is 8.82. The number of rotatable bonds is 9. The smallest absolute Gasteiger partial charge is 0.261 e. The number of hydrogen-bond acceptors (Lipinski definition) is 4. The van der Waals surface area contributed by atoms with E-state index < -0.39 is 6.10 Å². The zero-order valence-electron chi connectivity index (χ0n) is 15.9. The maximum absolute atomic E-state index is 12.4. The summed E-state index contributed by atoms with van der Waals surface area (Å²) in [4.78, 5) is 12.4. The van der Waals surface area contributed by atoms with Crippen molar-refractivity contribution in [3.63, 3.8) is 0 Å². The van der Waals surface area contributed by atoms with Crippen molar-refractivity contribution in [3.05, 3.63) is 53.6 Å². The third-order valence-corrected chi connectivity index (χ3v) is 4.00. The van der Waals surface area contributed by atoms with Crippen LogP contribution < -0.4 is 19.5 Å². The first-order valence-electron chi connectivity index (χ1n) is 8.82. The van der Waals surface area contributed by atoms with Gasteiger partial charge in [-0.1, -0.05) is 31.2 Å². The molecule has 2 aromatic carbocycles. The van der Waals surface area contributed by atoms with Crippen molar-refractivity contribution < 1.29 is 19.0 Å². The summed E-state index contributed by atoms with van der Waals surface area (Å²) in [5.74, 6) is 1.85. The summed E-state index contributed by atoms with van der Waals surface area (Å²) in [6.07, 6.45) is -0.0196. The first-order chi connectivity index (χ1) is 12.5. The van der Waals surface area contributed by atoms with Crippen LogP contribution in [0.3, 0.4) is 0 Å². The lowest BCUT2D eigenvalue weighted by Gasteiger charge is -2.19. The van der Waals surface area contributed by atoms with Gasteiger partial charge < -0.3 is 19.5 Å². The zero-order chi connectivity index (χ0) is 18.9. The van der Waals surface area contributed by atoms with E-state index in [2.05, 4.69) is 5.32 Å². The lowest BCUT2D eigenvalue weighted by molar-refractivity contribution is -0.128. The van der Waals surface area contributed by atoms with Crippen LogP contribution in [0.4, 0.5) is 0 Å². The van der Waals surface area contributed by atoms with E-state index in [9.17, 15) is 4.79 Å². The van der Waals surface area contributed by atoms with E-state index >= 15 is 0 Å². The Morgan fingerprint density at radius 2 is 1.81 bits per heavy atom. The highest BCUT2D eigenvalue weighted by Crippen LogP contribution is 2.27. The van der Waals surface area contributed by atoms with Gasteiger partial charge in [0.2, 0.25) is 0 Å². The number of nitrogens with one attached hydrogen (secondary N) is 1. The molecule has 0 unspecified atom stereocenters. The van der Waals surface area contributed by atoms with Crippen LogP contribution in [0.1, 0.15) is 24.5 Å². The van der Waals surface area contributed by atoms with Gasteiger partial charge in [-0.05, 0) is 49.6 Å². The molecule has 140 valence electrons. The van der Waals surface area contributed by atoms with Gasteiger partial charge in [0.05, 0.1) is 13.7 Å². The molecule has 0 aliphatic carbocycles. The highest BCUT2D eigenvalue weighted by atomic mass is 16.5. The molecule has 0 radical (unpaired) electrons. The fraction of sp³-hybridized carbons (Fsp3) is 0.381. The van der Waals surface area contributed by atoms with E-state index in [0.717, 1.165) is 16.9 Å². The number of benzene rings is 2. The van der Waals surface area contributed by atoms with Crippen LogP contribution in [0.2, 0.25) is 0 Å². The Kier molecular flexibility index (Phi) is 7.33. The van der Waals surface area contributed by atoms with Crippen LogP contribution in [-0.4, -0.2) is 32.3 Å². The highest BCUT2D eigenvalue weighted by molar-refractivity contribution is 5.81. The number of ether oxygens (including phenoxy) is 3. The molecular formula is C21H27NO4. The summed E-state index contributed by atoms with van der Waals surface area (Å²) < 4.78 is 16.8. The normalized spacial score (nSPS) is 11.5. The van der Waals surface area contributed by atoms with Gasteiger partial charge in [-0.3, -0.25) is 4.79 Å². The number of methoxy groups -OCH3 is 1. The molecule has 1 amide bonds. The number of carbonyl (C=O) groups excluding carboxylic acids is 1. The number of aryl methyl sites for hydroxylation is 2. The van der Waals surface area contributed by atoms with E-state index in [0.29, 0.717) is 31.1 Å². The monoisotopic (exact) mass is 357 g/mol. The molecule has 5 nitrogen and oxygen atoms in total. The van der Waals surface area contributed by atoms with Gasteiger partial charge in [0.25, 0.3) is 5.91 Å². The summed E-state index contributed by atoms with van der Waals surface area (Å²) in [6, 6.07) is 13.4. The number of para-hydroxylation sites is 2. The predicted molar refractivity (Wildman–Crippen MR) is 102 cm³/mol. The molecule has 2 aromatic rings. The van der Waals surface area contributed by atoms with Crippen LogP contribution in [0.5, 0.6) is 17.2 Å². The van der Waals surface area contributed by atoms with Crippen molar-refractivity contribution >= 4 is 5.91 Å². The Morgan fingerprint density at radius 3 is 2.50 bits per heavy atom. The maximum atomic E-state index is 12.4. The Labute approximate surface area is 155 Å². The van der Waals surface area contributed by atoms with Crippen LogP contribution in [0, 0.1) is 13.8 Å². The third-order valence-electron chi connectivity index (χ3n) is 4.00. The van der Waals surface area contributed by atoms with Gasteiger partial charge in [-0.25, -0.2) is 0 Å². The molecule has 0 heterocycles. The molecule has 1 atom stereocenters. The Hall–Kier alpha value is -2.69. The number of carbonyl (C=O) groups is 1. The van der Waals surface area contributed by atoms with Gasteiger partial charge in [0.1, 0.15) is 12.4 Å². The van der Waals surface area contributed by atoms with Crippen molar-refractivity contribution in [1.82, 2.24) is 5.32 Å². The minimum Gasteiger partial charge on any atom is -0.493 e. The van der Waals surface area contributed by atoms with Gasteiger partial charge in [0, 0.05) is 0 Å². The third kappa shape index (κ3) is 5.41. The fourth-order valence-electron chi connectivity index (χ4n) is 2.50. The molecule has 0 aromatic heterocycles. The average Bonchev–Trinajstić information content (AvgIpc) is 2.65. The van der Waals surface area contributed by atoms with E-state index in [4.69, 9.17) is 14.2 Å². The molecule has 0 fully saturated rings. The summed E-state index contributed by atoms with van der Waals surface area (Å²) in [6.45, 7) is 6.75. The number of hydrogen-bond donors (Lipinski definition) is 1. The largest absolute Gasteiger partial charge is 0.493 e. The van der Waals surface area contributed by atoms with E-state index in [1.807, 2.05) is 51.1 Å². The maximum Gasteiger partial charge on any atom is 0.261 e. The van der Waals surface area contributed by atoms with E-state index in [1.54, 1.807) is 19.2 Å². The van der Waals surface area contributed by atoms with Crippen LogP contribution >= 0.6 is 0 Å². The van der Waals surface area contributed by atoms with Crippen molar-refractivity contribution in [3.8, 4) is 17.2 Å². The molecule has 0 spiro atoms. The molecular weight excluding hydrogens is 330 g/mol. The average molecular weight is 357 g/mol. The molecule has 26 heavy (non-hydrogen) atoms. The van der Waals surface area contributed by atoms with Crippen LogP contribution in [0.15, 0.2) is 42.5 Å². The second kappa shape index (κ2) is 9.70. The summed E-state index contributed by atoms with van der Waals surface area (Å²) in [7, 11) is 1.58. The standard InChI is InChI=1S/C21H27NO4/c1-5-17(26-19-9-7-6-8-18(19)24-4)21(23)22-12-13-25-20-14-15(2)10-11-16(20)3/h6-11,14,17H,5,12-13H2,1-4H3,(H,22,23)/t17-/m0/s1. The Bertz CT molecular complexity index is 730. The number of amides is 1. The fourth-order valence-corrected chi connectivity index (χ4v) is 2.50. The summed E-state index contributed by atoms with van der Waals surface area (Å²) >= 11 is 0. The Balaban J connectivity index is 1.84. The highest BCUT2D eigenvalue weighted by Gasteiger charge is 2.19. The Morgan fingerprint density at radius 1 is 1.08 bits per heavy atom. The second-order valence-electron chi connectivity index (χ2n) is 6.07. The van der Waals surface area contributed by atoms with Crippen molar-refractivity contribution in [2.24, 2.45) is 0 Å². The molecule has 1 N–H and O–H groups in total. The molecule has 0 saturated heterocycles. The molecule has 0 aliphatic heterocycles. The molecule has 5 heteroatoms. The second-order valence-corrected chi connectivity index (χ2v) is 6.07. The van der Waals surface area contributed by atoms with E-state index in [1.165, 1.54) is 0 Å². The van der Waals surface area contributed by atoms with Crippen molar-refractivity contribution in [2.75, 3.05) is 20.3 Å². The SMILES string of the molecule is CC[C@H](Oc1ccccc1OC)C(=O)NCCOc1cc(C)ccc1C. The van der Waals surface area contributed by atoms with Gasteiger partial charge in [0.15, 0.2) is 17.6 Å². The lowest BCUT2D eigenvalue weighted by Crippen LogP contribution is -2.39. The zero-order valence-corrected chi connectivity index (χ0v) is 15.9. The topological polar surface area (TPSA) is 56.8 Å². The molecule has 0 aliphatic rings. The van der Waals surface area contributed by atoms with Gasteiger partial charge >= 0.3 is 0 Å². The molecule has 0 bridgehead atoms. The summed E-state index contributed by atoms with van der Waals surface area (Å²) in [5.41, 5.74) is 2.22. The van der Waals surface area contributed by atoms with Crippen molar-refractivity contribution in [2.45, 2.75) is 33.3 Å². The predicted octanol–water partition coefficient (Wildman–Crippen LogP) is 3.66. The van der Waals surface area contributed by atoms with Gasteiger partial charge in [-0.15, -0.1) is 0 Å². The minimum absolute atomic E-state index is 0.164. The first kappa shape index (κ1) is 19.6. The summed E-state index contributed by atoms with van der Waals surface area (Å²) in [5, 5.41) is 2.87. The van der Waals surface area contributed by atoms with Crippen LogP contribution in [0.25, 0.3) is 0 Å². The lowest BCUT2D eigenvalue weighted by atomic mass is 10.1. The molecule has 2 rings (SSSR count). The molecule has 0 saturated carbocycles.